The number of benzene rings is 2. The van der Waals surface area contributed by atoms with Crippen molar-refractivity contribution in [3.8, 4) is 5.75 Å². The van der Waals surface area contributed by atoms with Gasteiger partial charge in [0, 0.05) is 19.0 Å². The van der Waals surface area contributed by atoms with Crippen molar-refractivity contribution in [2.75, 3.05) is 18.7 Å². The van der Waals surface area contributed by atoms with Gasteiger partial charge < -0.3 is 14.9 Å². The molecule has 0 radical (unpaired) electrons. The number of amides is 1. The Hall–Kier alpha value is -3.02. The molecule has 0 aromatic heterocycles. The Morgan fingerprint density at radius 1 is 1.12 bits per heavy atom. The Labute approximate surface area is 152 Å². The van der Waals surface area contributed by atoms with Gasteiger partial charge in [-0.05, 0) is 55.2 Å². The minimum atomic E-state index is -0.446. The molecule has 0 saturated heterocycles. The predicted octanol–water partition coefficient (Wildman–Crippen LogP) is 3.40. The second kappa shape index (κ2) is 7.47. The first-order chi connectivity index (χ1) is 12.6. The lowest BCUT2D eigenvalue weighted by Crippen LogP contribution is -2.26. The van der Waals surface area contributed by atoms with Gasteiger partial charge in [0.25, 0.3) is 0 Å². The van der Waals surface area contributed by atoms with E-state index in [9.17, 15) is 9.59 Å². The fourth-order valence-electron chi connectivity index (χ4n) is 3.11. The van der Waals surface area contributed by atoms with Gasteiger partial charge in [-0.3, -0.25) is 4.79 Å². The van der Waals surface area contributed by atoms with Gasteiger partial charge in [0.1, 0.15) is 5.75 Å². The molecule has 1 aliphatic carbocycles. The first kappa shape index (κ1) is 17.8. The van der Waals surface area contributed by atoms with Gasteiger partial charge in [-0.25, -0.2) is 9.86 Å². The summed E-state index contributed by atoms with van der Waals surface area (Å²) in [7, 11) is 1.68. The van der Waals surface area contributed by atoms with E-state index in [1.54, 1.807) is 7.05 Å². The maximum atomic E-state index is 11.5. The van der Waals surface area contributed by atoms with E-state index in [1.165, 1.54) is 16.2 Å². The van der Waals surface area contributed by atoms with Crippen molar-refractivity contribution in [2.45, 2.75) is 25.2 Å². The lowest BCUT2D eigenvalue weighted by Gasteiger charge is -2.19. The smallest absolute Gasteiger partial charge is 0.410 e. The Morgan fingerprint density at radius 3 is 2.19 bits per heavy atom. The van der Waals surface area contributed by atoms with E-state index in [4.69, 9.17) is 9.57 Å². The van der Waals surface area contributed by atoms with E-state index in [1.807, 2.05) is 43.3 Å². The highest BCUT2D eigenvalue weighted by molar-refractivity contribution is 5.70. The van der Waals surface area contributed by atoms with Crippen molar-refractivity contribution in [1.82, 2.24) is 5.32 Å². The Balaban J connectivity index is 1.74. The van der Waals surface area contributed by atoms with Crippen LogP contribution in [0.4, 0.5) is 10.5 Å². The Morgan fingerprint density at radius 2 is 1.69 bits per heavy atom. The Kier molecular flexibility index (Phi) is 5.11. The van der Waals surface area contributed by atoms with E-state index in [0.29, 0.717) is 18.8 Å². The molecule has 1 amide bonds. The molecule has 1 aliphatic rings. The average molecular weight is 354 g/mol. The number of ether oxygens (including phenoxy) is 1. The number of nitrogens with zero attached hydrogens (tertiary/aromatic N) is 1. The molecule has 2 aromatic carbocycles. The van der Waals surface area contributed by atoms with Crippen LogP contribution < -0.4 is 15.1 Å². The highest BCUT2D eigenvalue weighted by Crippen LogP contribution is 2.53. The van der Waals surface area contributed by atoms with Crippen LogP contribution in [0.15, 0.2) is 48.5 Å². The summed E-state index contributed by atoms with van der Waals surface area (Å²) in [5.74, 6) is 0.526. The van der Waals surface area contributed by atoms with Gasteiger partial charge in [0.2, 0.25) is 0 Å². The number of anilines is 1. The minimum absolute atomic E-state index is 0.00677. The molecular formula is C20H22N2O4. The molecule has 1 fully saturated rings. The van der Waals surface area contributed by atoms with E-state index in [2.05, 4.69) is 17.4 Å². The summed E-state index contributed by atoms with van der Waals surface area (Å²) in [6.07, 6.45) is 1.70. The van der Waals surface area contributed by atoms with Gasteiger partial charge in [-0.15, -0.1) is 0 Å². The largest absolute Gasteiger partial charge is 0.412 e. The number of carbonyl (C=O) groups is 2. The van der Waals surface area contributed by atoms with Crippen molar-refractivity contribution in [1.29, 1.82) is 0 Å². The van der Waals surface area contributed by atoms with Crippen LogP contribution in [0.3, 0.4) is 0 Å². The molecule has 0 spiro atoms. The van der Waals surface area contributed by atoms with Gasteiger partial charge in [0.15, 0.2) is 0 Å². The van der Waals surface area contributed by atoms with Crippen molar-refractivity contribution in [2.24, 2.45) is 0 Å². The quantitative estimate of drug-likeness (QED) is 0.610. The van der Waals surface area contributed by atoms with Crippen molar-refractivity contribution in [3.05, 3.63) is 59.7 Å². The Bertz CT molecular complexity index is 767. The summed E-state index contributed by atoms with van der Waals surface area (Å²) in [5, 5.41) is 4.02. The first-order valence-corrected chi connectivity index (χ1v) is 8.60. The summed E-state index contributed by atoms with van der Waals surface area (Å²) >= 11 is 0. The molecule has 0 atom stereocenters. The molecule has 0 bridgehead atoms. The normalized spacial score (nSPS) is 14.2. The lowest BCUT2D eigenvalue weighted by atomic mass is 9.88. The van der Waals surface area contributed by atoms with E-state index in [0.717, 1.165) is 18.5 Å². The molecule has 0 unspecified atom stereocenters. The summed E-state index contributed by atoms with van der Waals surface area (Å²) in [4.78, 5) is 26.8. The molecule has 1 N–H and O–H groups in total. The topological polar surface area (TPSA) is 67.9 Å². The minimum Gasteiger partial charge on any atom is -0.410 e. The maximum Gasteiger partial charge on any atom is 0.412 e. The van der Waals surface area contributed by atoms with Crippen molar-refractivity contribution >= 4 is 18.3 Å². The van der Waals surface area contributed by atoms with Gasteiger partial charge >= 0.3 is 12.6 Å². The number of hydroxylamine groups is 1. The highest BCUT2D eigenvalue weighted by atomic mass is 16.7. The molecule has 3 rings (SSSR count). The predicted molar refractivity (Wildman–Crippen MR) is 98.2 cm³/mol. The maximum absolute atomic E-state index is 11.5. The van der Waals surface area contributed by atoms with E-state index in [-0.39, 0.29) is 5.41 Å². The second-order valence-corrected chi connectivity index (χ2v) is 6.27. The number of carbonyl (C=O) groups excluding carboxylic acids is 2. The van der Waals surface area contributed by atoms with Gasteiger partial charge in [0.05, 0.1) is 5.69 Å². The zero-order chi connectivity index (χ0) is 18.6. The zero-order valence-electron chi connectivity index (χ0n) is 14.9. The molecule has 136 valence electrons. The monoisotopic (exact) mass is 354 g/mol. The summed E-state index contributed by atoms with van der Waals surface area (Å²) < 4.78 is 5.22. The third-order valence-corrected chi connectivity index (χ3v) is 4.67. The third-order valence-electron chi connectivity index (χ3n) is 4.67. The van der Waals surface area contributed by atoms with E-state index >= 15 is 0 Å². The van der Waals surface area contributed by atoms with Crippen molar-refractivity contribution in [3.63, 3.8) is 0 Å². The molecule has 0 aliphatic heterocycles. The highest BCUT2D eigenvalue weighted by Gasteiger charge is 2.45. The number of hydrogen-bond donors (Lipinski definition) is 1. The van der Waals surface area contributed by atoms with Crippen LogP contribution in [-0.2, 0) is 15.0 Å². The lowest BCUT2D eigenvalue weighted by molar-refractivity contribution is -0.129. The molecule has 6 nitrogen and oxygen atoms in total. The fourth-order valence-corrected chi connectivity index (χ4v) is 3.11. The standard InChI is InChI=1S/C20H22N2O4/c1-3-21-19(24)26-18-10-6-16(7-11-18)20(12-13-20)15-4-8-17(9-5-15)22(2)25-14-23/h4-11,14H,3,12-13H2,1-2H3,(H,21,24). The fraction of sp³-hybridized carbons (Fsp3) is 0.300. The molecule has 2 aromatic rings. The van der Waals surface area contributed by atoms with Gasteiger partial charge in [-0.1, -0.05) is 24.3 Å². The van der Waals surface area contributed by atoms with Crippen LogP contribution in [0.1, 0.15) is 30.9 Å². The SMILES string of the molecule is CCNC(=O)Oc1ccc(C2(c3ccc(N(C)OC=O)cc3)CC2)cc1. The average Bonchev–Trinajstić information content (AvgIpc) is 3.45. The van der Waals surface area contributed by atoms with Crippen LogP contribution in [0, 0.1) is 0 Å². The molecular weight excluding hydrogens is 332 g/mol. The van der Waals surface area contributed by atoms with Crippen molar-refractivity contribution < 1.29 is 19.2 Å². The zero-order valence-corrected chi connectivity index (χ0v) is 14.9. The molecule has 6 heteroatoms. The first-order valence-electron chi connectivity index (χ1n) is 8.60. The number of nitrogens with one attached hydrogen (secondary N) is 1. The van der Waals surface area contributed by atoms with Crippen LogP contribution in [-0.4, -0.2) is 26.2 Å². The van der Waals surface area contributed by atoms with Gasteiger partial charge in [-0.2, -0.15) is 0 Å². The number of hydrogen-bond acceptors (Lipinski definition) is 5. The van der Waals surface area contributed by atoms with Crippen LogP contribution >= 0.6 is 0 Å². The number of rotatable bonds is 7. The summed E-state index contributed by atoms with van der Waals surface area (Å²) in [5.41, 5.74) is 3.23. The van der Waals surface area contributed by atoms with Crippen LogP contribution in [0.5, 0.6) is 5.75 Å². The van der Waals surface area contributed by atoms with Crippen LogP contribution in [0.25, 0.3) is 0 Å². The second-order valence-electron chi connectivity index (χ2n) is 6.27. The molecule has 0 heterocycles. The summed E-state index contributed by atoms with van der Waals surface area (Å²) in [6, 6.07) is 15.7. The van der Waals surface area contributed by atoms with Crippen LogP contribution in [0.2, 0.25) is 0 Å². The molecule has 26 heavy (non-hydrogen) atoms. The third kappa shape index (κ3) is 3.64. The summed E-state index contributed by atoms with van der Waals surface area (Å²) in [6.45, 7) is 2.78. The van der Waals surface area contributed by atoms with E-state index < -0.39 is 6.09 Å². The molecule has 1 saturated carbocycles.